The average molecular weight is 390 g/mol. The summed E-state index contributed by atoms with van der Waals surface area (Å²) in [4.78, 5) is 23.0. The molecule has 0 aliphatic rings. The van der Waals surface area contributed by atoms with Crippen molar-refractivity contribution >= 4 is 18.1 Å². The highest BCUT2D eigenvalue weighted by Crippen LogP contribution is 2.38. The van der Waals surface area contributed by atoms with Crippen LogP contribution in [-0.4, -0.2) is 38.9 Å². The van der Waals surface area contributed by atoms with Crippen LogP contribution in [0.25, 0.3) is 0 Å². The first-order chi connectivity index (χ1) is 13.4. The summed E-state index contributed by atoms with van der Waals surface area (Å²) >= 11 is 0. The van der Waals surface area contributed by atoms with E-state index in [1.807, 2.05) is 0 Å². The molecule has 2 aromatic carbocycles. The Kier molecular flexibility index (Phi) is 7.32. The molecule has 0 spiro atoms. The van der Waals surface area contributed by atoms with Gasteiger partial charge in [-0.1, -0.05) is 12.1 Å². The number of nitrogens with one attached hydrogen (secondary N) is 1. The average Bonchev–Trinajstić information content (AvgIpc) is 2.67. The van der Waals surface area contributed by atoms with Crippen LogP contribution in [0.1, 0.15) is 12.5 Å². The Hall–Kier alpha value is -3.62. The molecule has 148 valence electrons. The van der Waals surface area contributed by atoms with E-state index in [2.05, 4.69) is 10.5 Å². The van der Waals surface area contributed by atoms with Crippen LogP contribution < -0.4 is 24.4 Å². The summed E-state index contributed by atoms with van der Waals surface area (Å²) in [7, 11) is 2.81. The van der Waals surface area contributed by atoms with Crippen molar-refractivity contribution in [2.75, 3.05) is 20.8 Å². The molecule has 9 heteroatoms. The second-order valence-electron chi connectivity index (χ2n) is 5.36. The minimum Gasteiger partial charge on any atom is -0.493 e. The highest BCUT2D eigenvalue weighted by molar-refractivity contribution is 5.85. The van der Waals surface area contributed by atoms with Crippen LogP contribution >= 0.6 is 0 Å². The molecule has 1 N–H and O–H groups in total. The third kappa shape index (κ3) is 5.70. The second kappa shape index (κ2) is 9.91. The zero-order chi connectivity index (χ0) is 20.5. The molecule has 0 fully saturated rings. The van der Waals surface area contributed by atoms with Gasteiger partial charge in [0.2, 0.25) is 5.75 Å². The number of methoxy groups -OCH3 is 2. The zero-order valence-electron chi connectivity index (χ0n) is 15.5. The molecule has 0 heterocycles. The Morgan fingerprint density at radius 2 is 1.75 bits per heavy atom. The number of esters is 1. The molecule has 0 aromatic heterocycles. The fourth-order valence-electron chi connectivity index (χ4n) is 2.14. The maximum Gasteiger partial charge on any atom is 0.308 e. The van der Waals surface area contributed by atoms with Gasteiger partial charge in [-0.05, 0) is 24.3 Å². The molecule has 0 aliphatic heterocycles. The van der Waals surface area contributed by atoms with E-state index in [1.165, 1.54) is 45.6 Å². The molecule has 0 atom stereocenters. The number of nitrogens with zero attached hydrogens (tertiary/aromatic N) is 1. The van der Waals surface area contributed by atoms with Crippen molar-refractivity contribution in [3.63, 3.8) is 0 Å². The van der Waals surface area contributed by atoms with Crippen molar-refractivity contribution in [3.05, 3.63) is 47.8 Å². The first-order valence-electron chi connectivity index (χ1n) is 8.08. The van der Waals surface area contributed by atoms with Gasteiger partial charge < -0.3 is 18.9 Å². The molecule has 1 amide bonds. The monoisotopic (exact) mass is 390 g/mol. The fraction of sp³-hybridized carbons (Fsp3) is 0.211. The van der Waals surface area contributed by atoms with Gasteiger partial charge in [-0.3, -0.25) is 9.59 Å². The van der Waals surface area contributed by atoms with Crippen LogP contribution in [0, 0.1) is 5.82 Å². The number of hydrogen-bond acceptors (Lipinski definition) is 7. The summed E-state index contributed by atoms with van der Waals surface area (Å²) in [6.45, 7) is 0.851. The van der Waals surface area contributed by atoms with Crippen LogP contribution in [0.4, 0.5) is 4.39 Å². The van der Waals surface area contributed by atoms with Gasteiger partial charge in [-0.15, -0.1) is 0 Å². The van der Waals surface area contributed by atoms with E-state index >= 15 is 0 Å². The number of para-hydroxylation sites is 1. The van der Waals surface area contributed by atoms with Gasteiger partial charge in [-0.25, -0.2) is 9.82 Å². The van der Waals surface area contributed by atoms with Gasteiger partial charge in [0.25, 0.3) is 5.91 Å². The zero-order valence-corrected chi connectivity index (χ0v) is 15.5. The molecule has 0 saturated heterocycles. The van der Waals surface area contributed by atoms with Crippen molar-refractivity contribution in [3.8, 4) is 23.0 Å². The van der Waals surface area contributed by atoms with Gasteiger partial charge in [0.05, 0.1) is 20.4 Å². The number of ether oxygens (including phenoxy) is 4. The van der Waals surface area contributed by atoms with E-state index in [4.69, 9.17) is 18.9 Å². The van der Waals surface area contributed by atoms with E-state index in [1.54, 1.807) is 18.2 Å². The Morgan fingerprint density at radius 3 is 2.32 bits per heavy atom. The predicted octanol–water partition coefficient (Wildman–Crippen LogP) is 2.30. The molecule has 0 aliphatic carbocycles. The number of hydrazone groups is 1. The number of carbonyl (C=O) groups excluding carboxylic acids is 2. The molecule has 8 nitrogen and oxygen atoms in total. The lowest BCUT2D eigenvalue weighted by molar-refractivity contribution is -0.132. The fourth-order valence-corrected chi connectivity index (χ4v) is 2.14. The van der Waals surface area contributed by atoms with Crippen LogP contribution in [0.3, 0.4) is 0 Å². The van der Waals surface area contributed by atoms with E-state index in [0.717, 1.165) is 0 Å². The summed E-state index contributed by atoms with van der Waals surface area (Å²) in [6.07, 6.45) is 1.34. The molecule has 0 unspecified atom stereocenters. The first kappa shape index (κ1) is 20.7. The molecule has 2 rings (SSSR count). The van der Waals surface area contributed by atoms with Gasteiger partial charge in [-0.2, -0.15) is 5.10 Å². The first-order valence-corrected chi connectivity index (χ1v) is 8.08. The highest BCUT2D eigenvalue weighted by Gasteiger charge is 2.15. The number of carbonyl (C=O) groups is 2. The third-order valence-electron chi connectivity index (χ3n) is 3.33. The number of benzene rings is 2. The summed E-state index contributed by atoms with van der Waals surface area (Å²) in [5.74, 6) is -1.05. The Labute approximate surface area is 160 Å². The van der Waals surface area contributed by atoms with Gasteiger partial charge in [0, 0.05) is 12.5 Å². The highest BCUT2D eigenvalue weighted by atomic mass is 19.1. The van der Waals surface area contributed by atoms with Gasteiger partial charge in [0.1, 0.15) is 0 Å². The van der Waals surface area contributed by atoms with E-state index in [-0.39, 0.29) is 23.0 Å². The SMILES string of the molecule is COc1cc(/C=N\NC(=O)COc2ccccc2F)cc(OC)c1OC(C)=O. The molecule has 2 aromatic rings. The van der Waals surface area contributed by atoms with Crippen molar-refractivity contribution < 1.29 is 32.9 Å². The lowest BCUT2D eigenvalue weighted by Gasteiger charge is -2.13. The van der Waals surface area contributed by atoms with Crippen molar-refractivity contribution in [1.82, 2.24) is 5.43 Å². The number of amides is 1. The number of rotatable bonds is 8. The molecule has 0 saturated carbocycles. The third-order valence-corrected chi connectivity index (χ3v) is 3.33. The molecule has 0 bridgehead atoms. The van der Waals surface area contributed by atoms with Crippen LogP contribution in [-0.2, 0) is 9.59 Å². The molecular weight excluding hydrogens is 371 g/mol. The molecule has 0 radical (unpaired) electrons. The number of halogens is 1. The predicted molar refractivity (Wildman–Crippen MR) is 98.5 cm³/mol. The summed E-state index contributed by atoms with van der Waals surface area (Å²) in [5.41, 5.74) is 2.77. The Morgan fingerprint density at radius 1 is 1.11 bits per heavy atom. The summed E-state index contributed by atoms with van der Waals surface area (Å²) in [5, 5.41) is 3.80. The quantitative estimate of drug-likeness (QED) is 0.322. The smallest absolute Gasteiger partial charge is 0.308 e. The minimum atomic E-state index is -0.574. The summed E-state index contributed by atoms with van der Waals surface area (Å²) in [6, 6.07) is 8.84. The maximum atomic E-state index is 13.4. The molecule has 28 heavy (non-hydrogen) atoms. The van der Waals surface area contributed by atoms with Gasteiger partial charge in [0.15, 0.2) is 29.7 Å². The largest absolute Gasteiger partial charge is 0.493 e. The van der Waals surface area contributed by atoms with Crippen molar-refractivity contribution in [1.29, 1.82) is 0 Å². The maximum absolute atomic E-state index is 13.4. The molecular formula is C19H19FN2O6. The van der Waals surface area contributed by atoms with Crippen LogP contribution in [0.5, 0.6) is 23.0 Å². The topological polar surface area (TPSA) is 95.5 Å². The second-order valence-corrected chi connectivity index (χ2v) is 5.36. The van der Waals surface area contributed by atoms with Crippen molar-refractivity contribution in [2.24, 2.45) is 5.10 Å². The lowest BCUT2D eigenvalue weighted by atomic mass is 10.2. The normalized spacial score (nSPS) is 10.4. The Balaban J connectivity index is 2.02. The number of hydrogen-bond donors (Lipinski definition) is 1. The minimum absolute atomic E-state index is 0.0304. The van der Waals surface area contributed by atoms with E-state index in [0.29, 0.717) is 5.56 Å². The standard InChI is InChI=1S/C19H19FN2O6/c1-12(23)28-19-16(25-2)8-13(9-17(19)26-3)10-21-22-18(24)11-27-15-7-5-4-6-14(15)20/h4-10H,11H2,1-3H3,(H,22,24)/b21-10-. The van der Waals surface area contributed by atoms with Crippen molar-refractivity contribution in [2.45, 2.75) is 6.92 Å². The van der Waals surface area contributed by atoms with E-state index < -0.39 is 24.3 Å². The lowest BCUT2D eigenvalue weighted by Crippen LogP contribution is -2.24. The Bertz CT molecular complexity index is 859. The van der Waals surface area contributed by atoms with Crippen LogP contribution in [0.2, 0.25) is 0 Å². The summed E-state index contributed by atoms with van der Waals surface area (Å²) < 4.78 is 34.0. The van der Waals surface area contributed by atoms with Crippen LogP contribution in [0.15, 0.2) is 41.5 Å². The van der Waals surface area contributed by atoms with E-state index in [9.17, 15) is 14.0 Å². The van der Waals surface area contributed by atoms with Gasteiger partial charge >= 0.3 is 5.97 Å².